The number of methoxy groups -OCH3 is 1. The van der Waals surface area contributed by atoms with E-state index in [0.29, 0.717) is 5.92 Å². The van der Waals surface area contributed by atoms with Crippen molar-refractivity contribution in [3.05, 3.63) is 24.3 Å². The first-order valence-electron chi connectivity index (χ1n) is 5.13. The van der Waals surface area contributed by atoms with Crippen molar-refractivity contribution < 1.29 is 4.74 Å². The van der Waals surface area contributed by atoms with Gasteiger partial charge in [0.1, 0.15) is 5.75 Å². The van der Waals surface area contributed by atoms with Gasteiger partial charge in [0.25, 0.3) is 0 Å². The minimum absolute atomic E-state index is 0.598. The second-order valence-corrected chi connectivity index (χ2v) is 4.23. The number of hydrogen-bond donors (Lipinski definition) is 1. The maximum atomic E-state index is 5.12. The highest BCUT2D eigenvalue weighted by Crippen LogP contribution is 2.18. The molecule has 0 fully saturated rings. The van der Waals surface area contributed by atoms with Crippen LogP contribution in [-0.4, -0.2) is 26.5 Å². The monoisotopic (exact) mass is 225 g/mol. The Kier molecular flexibility index (Phi) is 4.82. The van der Waals surface area contributed by atoms with Crippen molar-refractivity contribution in [2.24, 2.45) is 5.92 Å². The van der Waals surface area contributed by atoms with Gasteiger partial charge in [0, 0.05) is 19.3 Å². The highest BCUT2D eigenvalue weighted by Gasteiger charge is 2.05. The molecule has 0 heterocycles. The molecular formula is C12H19NOS. The number of benzene rings is 1. The molecule has 0 aliphatic rings. The van der Waals surface area contributed by atoms with Gasteiger partial charge in [-0.05, 0) is 35.9 Å². The van der Waals surface area contributed by atoms with Gasteiger partial charge in [-0.1, -0.05) is 6.92 Å². The molecule has 0 aliphatic heterocycles. The first-order valence-corrected chi connectivity index (χ1v) is 5.76. The molecule has 0 radical (unpaired) electrons. The van der Waals surface area contributed by atoms with Crippen LogP contribution in [0, 0.1) is 5.92 Å². The van der Waals surface area contributed by atoms with Crippen LogP contribution in [0.2, 0.25) is 0 Å². The largest absolute Gasteiger partial charge is 0.497 e. The lowest BCUT2D eigenvalue weighted by Crippen LogP contribution is -2.24. The van der Waals surface area contributed by atoms with Crippen molar-refractivity contribution in [3.63, 3.8) is 0 Å². The van der Waals surface area contributed by atoms with E-state index in [0.717, 1.165) is 18.0 Å². The summed E-state index contributed by atoms with van der Waals surface area (Å²) in [5, 5.41) is 0. The molecule has 1 unspecified atom stereocenters. The topological polar surface area (TPSA) is 12.5 Å². The molecule has 0 amide bonds. The van der Waals surface area contributed by atoms with Gasteiger partial charge in [-0.2, -0.15) is 12.6 Å². The van der Waals surface area contributed by atoms with E-state index in [1.54, 1.807) is 7.11 Å². The minimum atomic E-state index is 0.598. The van der Waals surface area contributed by atoms with Crippen LogP contribution in [0.3, 0.4) is 0 Å². The highest BCUT2D eigenvalue weighted by molar-refractivity contribution is 7.80. The SMILES string of the molecule is COc1ccc(N(C)CC(C)CS)cc1. The summed E-state index contributed by atoms with van der Waals surface area (Å²) in [7, 11) is 3.78. The molecule has 1 rings (SSSR count). The van der Waals surface area contributed by atoms with Gasteiger partial charge in [-0.25, -0.2) is 0 Å². The van der Waals surface area contributed by atoms with Crippen molar-refractivity contribution in [1.82, 2.24) is 0 Å². The molecule has 3 heteroatoms. The lowest BCUT2D eigenvalue weighted by Gasteiger charge is -2.22. The summed E-state index contributed by atoms with van der Waals surface area (Å²) in [6, 6.07) is 8.11. The first kappa shape index (κ1) is 12.2. The van der Waals surface area contributed by atoms with E-state index in [2.05, 4.69) is 43.6 Å². The summed E-state index contributed by atoms with van der Waals surface area (Å²) in [5.41, 5.74) is 1.21. The van der Waals surface area contributed by atoms with Crippen molar-refractivity contribution in [3.8, 4) is 5.75 Å². The molecule has 15 heavy (non-hydrogen) atoms. The molecule has 1 aromatic carbocycles. The van der Waals surface area contributed by atoms with Crippen molar-refractivity contribution in [2.45, 2.75) is 6.92 Å². The van der Waals surface area contributed by atoms with Gasteiger partial charge >= 0.3 is 0 Å². The maximum Gasteiger partial charge on any atom is 0.119 e. The predicted molar refractivity (Wildman–Crippen MR) is 69.3 cm³/mol. The van der Waals surface area contributed by atoms with Gasteiger partial charge < -0.3 is 9.64 Å². The number of rotatable bonds is 5. The van der Waals surface area contributed by atoms with Gasteiger partial charge in [-0.15, -0.1) is 0 Å². The Bertz CT molecular complexity index is 286. The summed E-state index contributed by atoms with van der Waals surface area (Å²) in [6.07, 6.45) is 0. The van der Waals surface area contributed by atoms with Crippen LogP contribution in [0.1, 0.15) is 6.92 Å². The Morgan fingerprint density at radius 3 is 2.40 bits per heavy atom. The van der Waals surface area contributed by atoms with Crippen LogP contribution in [0.15, 0.2) is 24.3 Å². The van der Waals surface area contributed by atoms with Gasteiger partial charge in [0.15, 0.2) is 0 Å². The quantitative estimate of drug-likeness (QED) is 0.774. The van der Waals surface area contributed by atoms with Crippen molar-refractivity contribution >= 4 is 18.3 Å². The van der Waals surface area contributed by atoms with E-state index in [9.17, 15) is 0 Å². The number of nitrogens with zero attached hydrogens (tertiary/aromatic N) is 1. The average Bonchev–Trinajstić information content (AvgIpc) is 2.29. The van der Waals surface area contributed by atoms with E-state index in [4.69, 9.17) is 4.74 Å². The zero-order valence-electron chi connectivity index (χ0n) is 9.60. The molecule has 1 atom stereocenters. The molecule has 2 nitrogen and oxygen atoms in total. The summed E-state index contributed by atoms with van der Waals surface area (Å²) < 4.78 is 5.12. The second-order valence-electron chi connectivity index (χ2n) is 3.87. The van der Waals surface area contributed by atoms with Gasteiger partial charge in [0.05, 0.1) is 7.11 Å². The minimum Gasteiger partial charge on any atom is -0.497 e. The molecule has 0 saturated heterocycles. The first-order chi connectivity index (χ1) is 7.17. The van der Waals surface area contributed by atoms with Crippen LogP contribution < -0.4 is 9.64 Å². The molecule has 0 bridgehead atoms. The van der Waals surface area contributed by atoms with E-state index in [-0.39, 0.29) is 0 Å². The Balaban J connectivity index is 2.61. The summed E-state index contributed by atoms with van der Waals surface area (Å²) in [6.45, 7) is 3.23. The van der Waals surface area contributed by atoms with Crippen LogP contribution in [0.4, 0.5) is 5.69 Å². The smallest absolute Gasteiger partial charge is 0.119 e. The van der Waals surface area contributed by atoms with Gasteiger partial charge in [-0.3, -0.25) is 0 Å². The summed E-state index contributed by atoms with van der Waals surface area (Å²) in [5.74, 6) is 2.41. The average molecular weight is 225 g/mol. The number of hydrogen-bond acceptors (Lipinski definition) is 3. The van der Waals surface area contributed by atoms with Crippen LogP contribution in [-0.2, 0) is 0 Å². The summed E-state index contributed by atoms with van der Waals surface area (Å²) >= 11 is 4.29. The third-order valence-electron chi connectivity index (χ3n) is 2.41. The lowest BCUT2D eigenvalue weighted by atomic mass is 10.2. The molecule has 0 saturated carbocycles. The van der Waals surface area contributed by atoms with E-state index >= 15 is 0 Å². The van der Waals surface area contributed by atoms with Crippen LogP contribution in [0.5, 0.6) is 5.75 Å². The molecule has 0 aliphatic carbocycles. The molecule has 0 aromatic heterocycles. The Morgan fingerprint density at radius 2 is 1.93 bits per heavy atom. The normalized spacial score (nSPS) is 12.3. The Morgan fingerprint density at radius 1 is 1.33 bits per heavy atom. The molecule has 0 spiro atoms. The number of thiol groups is 1. The number of ether oxygens (including phenoxy) is 1. The molecule has 1 aromatic rings. The summed E-state index contributed by atoms with van der Waals surface area (Å²) in [4.78, 5) is 2.24. The molecule has 84 valence electrons. The van der Waals surface area contributed by atoms with E-state index < -0.39 is 0 Å². The van der Waals surface area contributed by atoms with E-state index in [1.807, 2.05) is 12.1 Å². The maximum absolute atomic E-state index is 5.12. The second kappa shape index (κ2) is 5.91. The van der Waals surface area contributed by atoms with E-state index in [1.165, 1.54) is 5.69 Å². The van der Waals surface area contributed by atoms with Crippen molar-refractivity contribution in [1.29, 1.82) is 0 Å². The van der Waals surface area contributed by atoms with Crippen LogP contribution >= 0.6 is 12.6 Å². The van der Waals surface area contributed by atoms with Crippen LogP contribution in [0.25, 0.3) is 0 Å². The molecule has 0 N–H and O–H groups in total. The fourth-order valence-corrected chi connectivity index (χ4v) is 1.58. The van der Waals surface area contributed by atoms with Gasteiger partial charge in [0.2, 0.25) is 0 Å². The zero-order chi connectivity index (χ0) is 11.3. The third kappa shape index (κ3) is 3.67. The highest BCUT2D eigenvalue weighted by atomic mass is 32.1. The lowest BCUT2D eigenvalue weighted by molar-refractivity contribution is 0.415. The Labute approximate surface area is 97.6 Å². The fourth-order valence-electron chi connectivity index (χ4n) is 1.47. The molecular weight excluding hydrogens is 206 g/mol. The third-order valence-corrected chi connectivity index (χ3v) is 3.03. The standard InChI is InChI=1S/C12H19NOS/c1-10(9-15)8-13(2)11-4-6-12(14-3)7-5-11/h4-7,10,15H,8-9H2,1-3H3. The zero-order valence-corrected chi connectivity index (χ0v) is 10.5. The number of anilines is 1. The predicted octanol–water partition coefficient (Wildman–Crippen LogP) is 2.70. The van der Waals surface area contributed by atoms with Crippen molar-refractivity contribution in [2.75, 3.05) is 31.4 Å². The Hall–Kier alpha value is -0.830. The fraction of sp³-hybridized carbons (Fsp3) is 0.500.